The fourth-order valence-electron chi connectivity index (χ4n) is 3.95. The summed E-state index contributed by atoms with van der Waals surface area (Å²) >= 11 is 9.74. The van der Waals surface area contributed by atoms with E-state index in [1.165, 1.54) is 6.07 Å². The average Bonchev–Trinajstić information content (AvgIpc) is 3.03. The zero-order valence-electron chi connectivity index (χ0n) is 12.9. The minimum Gasteiger partial charge on any atom is -0.376 e. The van der Waals surface area contributed by atoms with Crippen LogP contribution in [0, 0.1) is 5.92 Å². The second kappa shape index (κ2) is 6.06. The van der Waals surface area contributed by atoms with Crippen molar-refractivity contribution in [3.63, 3.8) is 0 Å². The van der Waals surface area contributed by atoms with Gasteiger partial charge in [0.1, 0.15) is 0 Å². The smallest absolute Gasteiger partial charge is 0.376 e. The van der Waals surface area contributed by atoms with Crippen molar-refractivity contribution in [2.24, 2.45) is 5.92 Å². The second-order valence-corrected chi connectivity index (χ2v) is 7.73. The van der Waals surface area contributed by atoms with Crippen LogP contribution in [0.2, 0.25) is 5.02 Å². The lowest BCUT2D eigenvalue weighted by Crippen LogP contribution is -2.31. The van der Waals surface area contributed by atoms with Gasteiger partial charge in [0.2, 0.25) is 0 Å². The van der Waals surface area contributed by atoms with E-state index in [0.717, 1.165) is 22.5 Å². The third kappa shape index (κ3) is 2.87. The van der Waals surface area contributed by atoms with Crippen LogP contribution in [-0.4, -0.2) is 0 Å². The molecule has 1 heterocycles. The number of nitrogens with one attached hydrogen (secondary N) is 1. The van der Waals surface area contributed by atoms with Gasteiger partial charge in [0.25, 0.3) is 0 Å². The Hall–Kier alpha value is -1.46. The fraction of sp³-hybridized carbons (Fsp3) is 0.263. The third-order valence-electron chi connectivity index (χ3n) is 4.98. The van der Waals surface area contributed by atoms with E-state index in [0.29, 0.717) is 10.7 Å². The Kier molecular flexibility index (Phi) is 4.12. The Labute approximate surface area is 157 Å². The van der Waals surface area contributed by atoms with E-state index in [1.54, 1.807) is 0 Å². The molecule has 0 saturated heterocycles. The van der Waals surface area contributed by atoms with Gasteiger partial charge >= 0.3 is 6.18 Å². The first-order chi connectivity index (χ1) is 11.9. The third-order valence-corrected chi connectivity index (χ3v) is 5.79. The largest absolute Gasteiger partial charge is 0.416 e. The Morgan fingerprint density at radius 2 is 1.96 bits per heavy atom. The Morgan fingerprint density at radius 1 is 1.16 bits per heavy atom. The minimum absolute atomic E-state index is 0.0290. The summed E-state index contributed by atoms with van der Waals surface area (Å²) in [6.07, 6.45) is 0.192. The van der Waals surface area contributed by atoms with Gasteiger partial charge in [0.05, 0.1) is 22.3 Å². The molecule has 1 aliphatic carbocycles. The Bertz CT molecular complexity index is 862. The summed E-state index contributed by atoms with van der Waals surface area (Å²) in [6, 6.07) is 10.2. The topological polar surface area (TPSA) is 12.0 Å². The quantitative estimate of drug-likeness (QED) is 0.485. The van der Waals surface area contributed by atoms with Crippen LogP contribution in [-0.2, 0) is 6.18 Å². The van der Waals surface area contributed by atoms with Gasteiger partial charge in [0, 0.05) is 10.4 Å². The van der Waals surface area contributed by atoms with Crippen molar-refractivity contribution in [1.29, 1.82) is 0 Å². The van der Waals surface area contributed by atoms with E-state index in [4.69, 9.17) is 11.6 Å². The maximum Gasteiger partial charge on any atom is 0.416 e. The highest BCUT2D eigenvalue weighted by Crippen LogP contribution is 2.54. The summed E-state index contributed by atoms with van der Waals surface area (Å²) in [5.74, 6) is -0.267. The SMILES string of the molecule is FC(F)(F)c1ccc(Cl)c2c1[C@@H]1C=CC[C@H]1[C@H](c1cccc(Br)c1)N2. The Morgan fingerprint density at radius 3 is 2.68 bits per heavy atom. The summed E-state index contributed by atoms with van der Waals surface area (Å²) in [5, 5.41) is 3.62. The molecule has 130 valence electrons. The summed E-state index contributed by atoms with van der Waals surface area (Å²) in [7, 11) is 0. The summed E-state index contributed by atoms with van der Waals surface area (Å²) < 4.78 is 41.5. The maximum atomic E-state index is 13.5. The van der Waals surface area contributed by atoms with Gasteiger partial charge < -0.3 is 5.32 Å². The molecule has 2 aliphatic rings. The van der Waals surface area contributed by atoms with Crippen molar-refractivity contribution in [2.45, 2.75) is 24.6 Å². The molecule has 0 amide bonds. The zero-order valence-corrected chi connectivity index (χ0v) is 15.3. The van der Waals surface area contributed by atoms with Gasteiger partial charge in [-0.1, -0.05) is 51.8 Å². The van der Waals surface area contributed by atoms with E-state index in [1.807, 2.05) is 36.4 Å². The van der Waals surface area contributed by atoms with Crippen molar-refractivity contribution in [1.82, 2.24) is 0 Å². The Balaban J connectivity index is 1.88. The van der Waals surface area contributed by atoms with Gasteiger partial charge in [0.15, 0.2) is 0 Å². The standard InChI is InChI=1S/C19H14BrClF3N/c20-11-4-1-3-10(9-11)17-13-6-2-5-12(13)16-14(19(22,23)24)7-8-15(21)18(16)25-17/h1-5,7-9,12-13,17,25H,6H2/t12-,13-,17+/m1/s1. The number of anilines is 1. The molecule has 0 saturated carbocycles. The molecule has 3 atom stereocenters. The molecule has 2 aromatic rings. The van der Waals surface area contributed by atoms with E-state index in [2.05, 4.69) is 21.2 Å². The number of hydrogen-bond acceptors (Lipinski definition) is 1. The first-order valence-corrected chi connectivity index (χ1v) is 9.11. The molecule has 0 spiro atoms. The number of allylic oxidation sites excluding steroid dienone is 2. The summed E-state index contributed by atoms with van der Waals surface area (Å²) in [4.78, 5) is 0. The first-order valence-electron chi connectivity index (χ1n) is 7.94. The summed E-state index contributed by atoms with van der Waals surface area (Å²) in [5.41, 5.74) is 1.10. The number of alkyl halides is 3. The number of benzene rings is 2. The molecule has 0 bridgehead atoms. The number of halogens is 5. The lowest BCUT2D eigenvalue weighted by molar-refractivity contribution is -0.138. The lowest BCUT2D eigenvalue weighted by Gasteiger charge is -2.39. The van der Waals surface area contributed by atoms with E-state index >= 15 is 0 Å². The van der Waals surface area contributed by atoms with Crippen LogP contribution in [0.3, 0.4) is 0 Å². The predicted octanol–water partition coefficient (Wildman–Crippen LogP) is 6.95. The molecular formula is C19H14BrClF3N. The summed E-state index contributed by atoms with van der Waals surface area (Å²) in [6.45, 7) is 0. The lowest BCUT2D eigenvalue weighted by atomic mass is 9.75. The van der Waals surface area contributed by atoms with Crippen molar-refractivity contribution in [2.75, 3.05) is 5.32 Å². The molecule has 6 heteroatoms. The molecule has 0 aromatic heterocycles. The van der Waals surface area contributed by atoms with Crippen LogP contribution in [0.4, 0.5) is 18.9 Å². The van der Waals surface area contributed by atoms with Gasteiger partial charge in [-0.05, 0) is 47.7 Å². The van der Waals surface area contributed by atoms with E-state index < -0.39 is 11.7 Å². The molecule has 25 heavy (non-hydrogen) atoms. The number of hydrogen-bond donors (Lipinski definition) is 1. The minimum atomic E-state index is -4.40. The molecule has 4 rings (SSSR count). The van der Waals surface area contributed by atoms with E-state index in [9.17, 15) is 13.2 Å². The molecule has 1 nitrogen and oxygen atoms in total. The van der Waals surface area contributed by atoms with Crippen molar-refractivity contribution in [3.8, 4) is 0 Å². The molecule has 1 aliphatic heterocycles. The molecule has 0 unspecified atom stereocenters. The van der Waals surface area contributed by atoms with Crippen LogP contribution >= 0.6 is 27.5 Å². The van der Waals surface area contributed by atoms with Crippen molar-refractivity contribution in [3.05, 3.63) is 74.7 Å². The number of rotatable bonds is 1. The van der Waals surface area contributed by atoms with Crippen LogP contribution in [0.5, 0.6) is 0 Å². The van der Waals surface area contributed by atoms with Crippen LogP contribution < -0.4 is 5.32 Å². The second-order valence-electron chi connectivity index (χ2n) is 6.41. The van der Waals surface area contributed by atoms with Crippen LogP contribution in [0.1, 0.15) is 35.1 Å². The highest BCUT2D eigenvalue weighted by Gasteiger charge is 2.44. The monoisotopic (exact) mass is 427 g/mol. The molecule has 1 N–H and O–H groups in total. The van der Waals surface area contributed by atoms with Gasteiger partial charge in [-0.2, -0.15) is 13.2 Å². The number of fused-ring (bicyclic) bond motifs is 3. The van der Waals surface area contributed by atoms with Crippen molar-refractivity contribution < 1.29 is 13.2 Å². The highest BCUT2D eigenvalue weighted by atomic mass is 79.9. The van der Waals surface area contributed by atoms with Crippen LogP contribution in [0.25, 0.3) is 0 Å². The van der Waals surface area contributed by atoms with Gasteiger partial charge in [-0.3, -0.25) is 0 Å². The normalized spacial score (nSPS) is 24.6. The fourth-order valence-corrected chi connectivity index (χ4v) is 4.59. The molecule has 0 fully saturated rings. The maximum absolute atomic E-state index is 13.5. The van der Waals surface area contributed by atoms with Crippen molar-refractivity contribution >= 4 is 33.2 Å². The zero-order chi connectivity index (χ0) is 17.8. The molecule has 2 aromatic carbocycles. The molecule has 0 radical (unpaired) electrons. The van der Waals surface area contributed by atoms with Crippen LogP contribution in [0.15, 0.2) is 53.0 Å². The molecular weight excluding hydrogens is 415 g/mol. The van der Waals surface area contributed by atoms with Gasteiger partial charge in [-0.25, -0.2) is 0 Å². The van der Waals surface area contributed by atoms with E-state index in [-0.39, 0.29) is 23.4 Å². The first kappa shape index (κ1) is 17.0. The predicted molar refractivity (Wildman–Crippen MR) is 96.9 cm³/mol. The average molecular weight is 429 g/mol. The highest BCUT2D eigenvalue weighted by molar-refractivity contribution is 9.10. The van der Waals surface area contributed by atoms with Gasteiger partial charge in [-0.15, -0.1) is 0 Å².